The van der Waals surface area contributed by atoms with Crippen LogP contribution in [0.25, 0.3) is 0 Å². The summed E-state index contributed by atoms with van der Waals surface area (Å²) in [6.45, 7) is 3.13. The van der Waals surface area contributed by atoms with Crippen LogP contribution >= 0.6 is 11.3 Å². The molecule has 2 atom stereocenters. The lowest BCUT2D eigenvalue weighted by molar-refractivity contribution is 0.135. The Morgan fingerprint density at radius 1 is 1.00 bits per heavy atom. The van der Waals surface area contributed by atoms with E-state index in [1.54, 1.807) is 18.4 Å². The van der Waals surface area contributed by atoms with E-state index in [0.29, 0.717) is 12.0 Å². The SMILES string of the molecule is COc1cccc(C(c2ccccc2)C2C(=NCc3cccs3)C3CCN2CC3)c1. The standard InChI is InChI=1S/C26H28N2OS/c1-29-22-10-5-9-21(17-22)24(19-7-3-2-4-8-19)26-25(20-12-14-28(26)15-13-20)27-18-23-11-6-16-30-23/h2-11,16-17,20,24,26H,12-15,18H2,1H3. The Hall–Kier alpha value is -2.43. The Labute approximate surface area is 183 Å². The molecule has 154 valence electrons. The highest BCUT2D eigenvalue weighted by Gasteiger charge is 2.44. The van der Waals surface area contributed by atoms with Gasteiger partial charge < -0.3 is 4.74 Å². The van der Waals surface area contributed by atoms with Crippen LogP contribution < -0.4 is 4.74 Å². The quantitative estimate of drug-likeness (QED) is 0.521. The van der Waals surface area contributed by atoms with Crippen molar-refractivity contribution in [2.24, 2.45) is 10.9 Å². The van der Waals surface area contributed by atoms with E-state index in [4.69, 9.17) is 9.73 Å². The monoisotopic (exact) mass is 416 g/mol. The molecule has 30 heavy (non-hydrogen) atoms. The zero-order chi connectivity index (χ0) is 20.3. The van der Waals surface area contributed by atoms with E-state index < -0.39 is 0 Å². The topological polar surface area (TPSA) is 24.8 Å². The van der Waals surface area contributed by atoms with Crippen molar-refractivity contribution in [1.29, 1.82) is 0 Å². The summed E-state index contributed by atoms with van der Waals surface area (Å²) in [5.41, 5.74) is 4.06. The molecule has 3 saturated heterocycles. The van der Waals surface area contributed by atoms with Crippen molar-refractivity contribution >= 4 is 17.0 Å². The van der Waals surface area contributed by atoms with Crippen molar-refractivity contribution in [2.45, 2.75) is 31.3 Å². The van der Waals surface area contributed by atoms with Gasteiger partial charge in [-0.2, -0.15) is 0 Å². The maximum absolute atomic E-state index is 5.57. The molecule has 3 aliphatic rings. The molecule has 0 radical (unpaired) electrons. The molecule has 0 amide bonds. The number of nitrogens with zero attached hydrogens (tertiary/aromatic N) is 2. The lowest BCUT2D eigenvalue weighted by Gasteiger charge is -2.49. The highest BCUT2D eigenvalue weighted by molar-refractivity contribution is 7.09. The third-order valence-corrected chi connectivity index (χ3v) is 7.43. The Morgan fingerprint density at radius 2 is 1.80 bits per heavy atom. The van der Waals surface area contributed by atoms with Gasteiger partial charge in [-0.05, 0) is 60.6 Å². The summed E-state index contributed by atoms with van der Waals surface area (Å²) < 4.78 is 5.57. The van der Waals surface area contributed by atoms with E-state index in [2.05, 4.69) is 70.9 Å². The molecule has 4 heteroatoms. The van der Waals surface area contributed by atoms with Crippen LogP contribution in [0.2, 0.25) is 0 Å². The van der Waals surface area contributed by atoms with Gasteiger partial charge in [0.15, 0.2) is 0 Å². The summed E-state index contributed by atoms with van der Waals surface area (Å²) in [6, 6.07) is 24.2. The van der Waals surface area contributed by atoms with Crippen LogP contribution in [0.1, 0.15) is 34.8 Å². The van der Waals surface area contributed by atoms with E-state index in [1.165, 1.54) is 47.6 Å². The molecule has 0 spiro atoms. The molecule has 6 rings (SSSR count). The van der Waals surface area contributed by atoms with E-state index in [1.807, 2.05) is 6.07 Å². The minimum absolute atomic E-state index is 0.256. The summed E-state index contributed by atoms with van der Waals surface area (Å²) in [6.07, 6.45) is 2.47. The fourth-order valence-corrected chi connectivity index (χ4v) is 5.76. The van der Waals surface area contributed by atoms with Gasteiger partial charge in [0.1, 0.15) is 5.75 Å². The van der Waals surface area contributed by atoms with Crippen LogP contribution in [-0.4, -0.2) is 36.9 Å². The van der Waals surface area contributed by atoms with Crippen LogP contribution in [-0.2, 0) is 6.54 Å². The highest BCUT2D eigenvalue weighted by atomic mass is 32.1. The first-order valence-corrected chi connectivity index (χ1v) is 11.7. The number of thiophene rings is 1. The minimum atomic E-state index is 0.256. The average molecular weight is 417 g/mol. The van der Waals surface area contributed by atoms with Crippen molar-refractivity contribution in [1.82, 2.24) is 4.90 Å². The molecule has 0 N–H and O–H groups in total. The number of benzene rings is 2. The smallest absolute Gasteiger partial charge is 0.119 e. The first-order chi connectivity index (χ1) is 14.8. The zero-order valence-electron chi connectivity index (χ0n) is 17.4. The number of aliphatic imine (C=N–C) groups is 1. The first-order valence-electron chi connectivity index (χ1n) is 10.8. The van der Waals surface area contributed by atoms with Gasteiger partial charge in [-0.1, -0.05) is 48.5 Å². The fraction of sp³-hybridized carbons (Fsp3) is 0.346. The number of fused-ring (bicyclic) bond motifs is 3. The van der Waals surface area contributed by atoms with E-state index >= 15 is 0 Å². The maximum atomic E-state index is 5.57. The molecule has 3 nitrogen and oxygen atoms in total. The van der Waals surface area contributed by atoms with Gasteiger partial charge in [0.05, 0.1) is 19.7 Å². The zero-order valence-corrected chi connectivity index (χ0v) is 18.2. The lowest BCUT2D eigenvalue weighted by atomic mass is 9.72. The van der Waals surface area contributed by atoms with E-state index in [-0.39, 0.29) is 5.92 Å². The number of ether oxygens (including phenoxy) is 1. The van der Waals surface area contributed by atoms with Gasteiger partial charge >= 0.3 is 0 Å². The number of methoxy groups -OCH3 is 1. The summed E-state index contributed by atoms with van der Waals surface area (Å²) in [4.78, 5) is 9.27. The highest BCUT2D eigenvalue weighted by Crippen LogP contribution is 2.41. The minimum Gasteiger partial charge on any atom is -0.497 e. The van der Waals surface area contributed by atoms with Crippen molar-refractivity contribution in [3.8, 4) is 5.75 Å². The second-order valence-electron chi connectivity index (χ2n) is 8.24. The van der Waals surface area contributed by atoms with Gasteiger partial charge in [0.2, 0.25) is 0 Å². The number of piperidine rings is 3. The number of hydrogen-bond donors (Lipinski definition) is 0. The Kier molecular flexibility index (Phi) is 5.69. The molecule has 2 unspecified atom stereocenters. The van der Waals surface area contributed by atoms with Crippen LogP contribution in [0.3, 0.4) is 0 Å². The van der Waals surface area contributed by atoms with Crippen LogP contribution in [0.4, 0.5) is 0 Å². The third-order valence-electron chi connectivity index (χ3n) is 6.57. The van der Waals surface area contributed by atoms with E-state index in [0.717, 1.165) is 12.3 Å². The molecule has 2 bridgehead atoms. The normalized spacial score (nSPS) is 25.4. The maximum Gasteiger partial charge on any atom is 0.119 e. The molecule has 4 heterocycles. The van der Waals surface area contributed by atoms with Gasteiger partial charge in [0.25, 0.3) is 0 Å². The lowest BCUT2D eigenvalue weighted by Crippen LogP contribution is -2.58. The molecule has 3 aliphatic heterocycles. The first kappa shape index (κ1) is 19.5. The number of hydrogen-bond acceptors (Lipinski definition) is 4. The molecular formula is C26H28N2OS. The Morgan fingerprint density at radius 3 is 2.53 bits per heavy atom. The molecular weight excluding hydrogens is 388 g/mol. The van der Waals surface area contributed by atoms with Gasteiger partial charge in [0, 0.05) is 22.4 Å². The second-order valence-corrected chi connectivity index (χ2v) is 9.27. The predicted octanol–water partition coefficient (Wildman–Crippen LogP) is 5.62. The Bertz CT molecular complexity index is 991. The van der Waals surface area contributed by atoms with Crippen LogP contribution in [0.5, 0.6) is 5.75 Å². The average Bonchev–Trinajstić information content (AvgIpc) is 3.34. The summed E-state index contributed by atoms with van der Waals surface area (Å²) in [7, 11) is 1.75. The molecule has 1 aromatic heterocycles. The molecule has 3 fully saturated rings. The summed E-state index contributed by atoms with van der Waals surface area (Å²) in [5.74, 6) is 1.78. The fourth-order valence-electron chi connectivity index (χ4n) is 5.13. The molecule has 0 saturated carbocycles. The van der Waals surface area contributed by atoms with Crippen molar-refractivity contribution in [3.63, 3.8) is 0 Å². The van der Waals surface area contributed by atoms with Crippen molar-refractivity contribution in [3.05, 3.63) is 88.1 Å². The largest absolute Gasteiger partial charge is 0.497 e. The second kappa shape index (κ2) is 8.75. The van der Waals surface area contributed by atoms with Gasteiger partial charge in [-0.25, -0.2) is 0 Å². The molecule has 0 aliphatic carbocycles. The van der Waals surface area contributed by atoms with Gasteiger partial charge in [-0.3, -0.25) is 9.89 Å². The summed E-state index contributed by atoms with van der Waals surface area (Å²) in [5, 5.41) is 2.15. The van der Waals surface area contributed by atoms with Crippen molar-refractivity contribution in [2.75, 3.05) is 20.2 Å². The molecule has 2 aromatic carbocycles. The van der Waals surface area contributed by atoms with Crippen molar-refractivity contribution < 1.29 is 4.74 Å². The number of rotatable bonds is 6. The summed E-state index contributed by atoms with van der Waals surface area (Å²) >= 11 is 1.80. The molecule has 3 aromatic rings. The predicted molar refractivity (Wildman–Crippen MR) is 125 cm³/mol. The van der Waals surface area contributed by atoms with Gasteiger partial charge in [-0.15, -0.1) is 11.3 Å². The third kappa shape index (κ3) is 3.82. The van der Waals surface area contributed by atoms with Crippen LogP contribution in [0, 0.1) is 5.92 Å². The van der Waals surface area contributed by atoms with Crippen LogP contribution in [0.15, 0.2) is 77.1 Å². The van der Waals surface area contributed by atoms with E-state index in [9.17, 15) is 0 Å². The Balaban J connectivity index is 1.59.